The van der Waals surface area contributed by atoms with Gasteiger partial charge in [-0.05, 0) is 89.2 Å². The normalized spacial score (nSPS) is 19.5. The van der Waals surface area contributed by atoms with E-state index < -0.39 is 24.0 Å². The first-order valence-electron chi connectivity index (χ1n) is 12.4. The highest BCUT2D eigenvalue weighted by Crippen LogP contribution is 2.39. The lowest BCUT2D eigenvalue weighted by atomic mass is 9.86. The Morgan fingerprint density at radius 2 is 1.77 bits per heavy atom. The van der Waals surface area contributed by atoms with Gasteiger partial charge in [-0.1, -0.05) is 35.9 Å². The van der Waals surface area contributed by atoms with E-state index in [1.165, 1.54) is 0 Å². The number of aryl methyl sites for hydroxylation is 3. The fraction of sp³-hybridized carbons (Fsp3) is 0.483. The third-order valence-electron chi connectivity index (χ3n) is 7.02. The minimum atomic E-state index is -2.30. The zero-order valence-corrected chi connectivity index (χ0v) is 21.6. The van der Waals surface area contributed by atoms with Crippen LogP contribution in [0.25, 0.3) is 10.9 Å². The Labute approximate surface area is 206 Å². The van der Waals surface area contributed by atoms with E-state index in [1.807, 2.05) is 40.7 Å². The van der Waals surface area contributed by atoms with Crippen LogP contribution in [0.1, 0.15) is 67.5 Å². The molecule has 1 saturated heterocycles. The summed E-state index contributed by atoms with van der Waals surface area (Å²) in [6.45, 7) is 12.9. The number of alkyl halides is 2. The van der Waals surface area contributed by atoms with E-state index in [-0.39, 0.29) is 6.04 Å². The van der Waals surface area contributed by atoms with Crippen molar-refractivity contribution < 1.29 is 18.3 Å². The van der Waals surface area contributed by atoms with Crippen molar-refractivity contribution in [3.8, 4) is 0 Å². The number of carbonyl (C=O) groups is 1. The summed E-state index contributed by atoms with van der Waals surface area (Å²) in [6.07, 6.45) is -0.0166. The van der Waals surface area contributed by atoms with Gasteiger partial charge in [0, 0.05) is 30.1 Å². The average molecular weight is 483 g/mol. The molecule has 2 unspecified atom stereocenters. The van der Waals surface area contributed by atoms with Gasteiger partial charge >= 0.3 is 6.09 Å². The van der Waals surface area contributed by atoms with Crippen LogP contribution in [-0.2, 0) is 11.3 Å². The number of fused-ring (bicyclic) bond motifs is 1. The van der Waals surface area contributed by atoms with Gasteiger partial charge in [-0.25, -0.2) is 13.6 Å². The zero-order valence-electron chi connectivity index (χ0n) is 21.6. The van der Waals surface area contributed by atoms with E-state index in [4.69, 9.17) is 4.74 Å². The SMILES string of the molecule is Cc1ccc(C2CC(C(F)F)CCN2Cc2c(C)cc(C)c3c2ccn3C(=O)OC(C)(C)C)cc1. The molecule has 0 saturated carbocycles. The molecule has 1 aliphatic rings. The summed E-state index contributed by atoms with van der Waals surface area (Å²) in [6, 6.07) is 12.2. The van der Waals surface area contributed by atoms with Crippen LogP contribution in [0.2, 0.25) is 0 Å². The Bertz CT molecular complexity index is 1210. The number of halogens is 2. The fourth-order valence-electron chi connectivity index (χ4n) is 5.24. The Morgan fingerprint density at radius 1 is 1.09 bits per heavy atom. The van der Waals surface area contributed by atoms with Crippen molar-refractivity contribution in [1.82, 2.24) is 9.47 Å². The molecular formula is C29H36F2N2O2. The minimum absolute atomic E-state index is 0.0768. The average Bonchev–Trinajstić information content (AvgIpc) is 3.22. The molecule has 4 rings (SSSR count). The van der Waals surface area contributed by atoms with Crippen LogP contribution in [0.15, 0.2) is 42.6 Å². The summed E-state index contributed by atoms with van der Waals surface area (Å²) in [5.74, 6) is -0.593. The Morgan fingerprint density at radius 3 is 2.40 bits per heavy atom. The Balaban J connectivity index is 1.71. The molecule has 1 aromatic heterocycles. The Hall–Kier alpha value is -2.73. The van der Waals surface area contributed by atoms with E-state index in [2.05, 4.69) is 42.2 Å². The summed E-state index contributed by atoms with van der Waals surface area (Å²) in [4.78, 5) is 15.2. The highest BCUT2D eigenvalue weighted by atomic mass is 19.3. The highest BCUT2D eigenvalue weighted by Gasteiger charge is 2.34. The predicted octanol–water partition coefficient (Wildman–Crippen LogP) is 7.57. The number of benzene rings is 2. The number of ether oxygens (including phenoxy) is 1. The molecule has 2 aromatic carbocycles. The van der Waals surface area contributed by atoms with E-state index >= 15 is 0 Å². The number of hydrogen-bond acceptors (Lipinski definition) is 3. The van der Waals surface area contributed by atoms with E-state index in [9.17, 15) is 13.6 Å². The second kappa shape index (κ2) is 9.73. The Kier molecular flexibility index (Phi) is 7.05. The van der Waals surface area contributed by atoms with Gasteiger partial charge in [0.05, 0.1) is 5.52 Å². The molecule has 188 valence electrons. The maximum Gasteiger partial charge on any atom is 0.418 e. The third-order valence-corrected chi connectivity index (χ3v) is 7.02. The molecule has 3 aromatic rings. The van der Waals surface area contributed by atoms with Crippen molar-refractivity contribution in [3.63, 3.8) is 0 Å². The molecule has 35 heavy (non-hydrogen) atoms. The van der Waals surface area contributed by atoms with Crippen LogP contribution in [-0.4, -0.2) is 34.1 Å². The third kappa shape index (κ3) is 5.43. The molecule has 0 amide bonds. The maximum absolute atomic E-state index is 13.7. The van der Waals surface area contributed by atoms with Gasteiger partial charge in [-0.15, -0.1) is 0 Å². The summed E-state index contributed by atoms with van der Waals surface area (Å²) in [5, 5.41) is 1.01. The van der Waals surface area contributed by atoms with E-state index in [1.54, 1.807) is 10.8 Å². The predicted molar refractivity (Wildman–Crippen MR) is 136 cm³/mol. The number of nitrogens with zero attached hydrogens (tertiary/aromatic N) is 2. The molecule has 0 radical (unpaired) electrons. The van der Waals surface area contributed by atoms with Gasteiger partial charge in [0.1, 0.15) is 5.60 Å². The van der Waals surface area contributed by atoms with Gasteiger partial charge in [-0.2, -0.15) is 0 Å². The number of rotatable bonds is 4. The van der Waals surface area contributed by atoms with Crippen molar-refractivity contribution in [2.45, 2.75) is 79.0 Å². The molecule has 0 spiro atoms. The molecule has 0 aliphatic carbocycles. The number of carbonyl (C=O) groups excluding carboxylic acids is 1. The molecule has 4 nitrogen and oxygen atoms in total. The van der Waals surface area contributed by atoms with E-state index in [0.29, 0.717) is 25.9 Å². The molecule has 2 heterocycles. The van der Waals surface area contributed by atoms with Gasteiger partial charge in [-0.3, -0.25) is 9.47 Å². The molecular weight excluding hydrogens is 446 g/mol. The first-order valence-corrected chi connectivity index (χ1v) is 12.4. The van der Waals surface area contributed by atoms with Crippen LogP contribution in [0.3, 0.4) is 0 Å². The van der Waals surface area contributed by atoms with Gasteiger partial charge in [0.15, 0.2) is 0 Å². The van der Waals surface area contributed by atoms with Crippen LogP contribution < -0.4 is 0 Å². The minimum Gasteiger partial charge on any atom is -0.443 e. The van der Waals surface area contributed by atoms with Crippen molar-refractivity contribution in [3.05, 3.63) is 70.4 Å². The van der Waals surface area contributed by atoms with Crippen LogP contribution in [0.5, 0.6) is 0 Å². The van der Waals surface area contributed by atoms with Gasteiger partial charge in [0.2, 0.25) is 6.43 Å². The molecule has 1 aliphatic heterocycles. The lowest BCUT2D eigenvalue weighted by Crippen LogP contribution is -2.38. The summed E-state index contributed by atoms with van der Waals surface area (Å²) in [5.41, 5.74) is 5.74. The lowest BCUT2D eigenvalue weighted by molar-refractivity contribution is 0.00736. The summed E-state index contributed by atoms with van der Waals surface area (Å²) < 4.78 is 34.6. The quantitative estimate of drug-likeness (QED) is 0.385. The van der Waals surface area contributed by atoms with Crippen molar-refractivity contribution >= 4 is 17.0 Å². The number of likely N-dealkylation sites (tertiary alicyclic amines) is 1. The monoisotopic (exact) mass is 482 g/mol. The van der Waals surface area contributed by atoms with Crippen LogP contribution >= 0.6 is 0 Å². The topological polar surface area (TPSA) is 34.5 Å². The molecule has 1 fully saturated rings. The first-order chi connectivity index (χ1) is 16.4. The second-order valence-corrected chi connectivity index (χ2v) is 10.9. The van der Waals surface area contributed by atoms with Crippen molar-refractivity contribution in [1.29, 1.82) is 0 Å². The number of piperidine rings is 1. The number of aromatic nitrogens is 1. The van der Waals surface area contributed by atoms with Crippen LogP contribution in [0, 0.1) is 26.7 Å². The summed E-state index contributed by atoms with van der Waals surface area (Å²) >= 11 is 0. The van der Waals surface area contributed by atoms with Crippen molar-refractivity contribution in [2.75, 3.05) is 6.54 Å². The maximum atomic E-state index is 13.7. The smallest absolute Gasteiger partial charge is 0.418 e. The fourth-order valence-corrected chi connectivity index (χ4v) is 5.24. The molecule has 0 bridgehead atoms. The van der Waals surface area contributed by atoms with Gasteiger partial charge in [0.25, 0.3) is 0 Å². The standard InChI is InChI=1S/C29H36F2N2O2/c1-18-7-9-21(10-8-18)25-16-22(27(30)31)11-13-32(25)17-24-19(2)15-20(3)26-23(24)12-14-33(26)28(34)35-29(4,5)6/h7-10,12,14-15,22,25,27H,11,13,16-17H2,1-6H3. The van der Waals surface area contributed by atoms with Crippen LogP contribution in [0.4, 0.5) is 13.6 Å². The molecule has 0 N–H and O–H groups in total. The van der Waals surface area contributed by atoms with E-state index in [0.717, 1.165) is 38.7 Å². The highest BCUT2D eigenvalue weighted by molar-refractivity contribution is 5.94. The number of hydrogen-bond donors (Lipinski definition) is 0. The first kappa shape index (κ1) is 25.4. The summed E-state index contributed by atoms with van der Waals surface area (Å²) in [7, 11) is 0. The second-order valence-electron chi connectivity index (χ2n) is 10.9. The van der Waals surface area contributed by atoms with Crippen molar-refractivity contribution in [2.24, 2.45) is 5.92 Å². The lowest BCUT2D eigenvalue weighted by Gasteiger charge is -2.40. The largest absolute Gasteiger partial charge is 0.443 e. The van der Waals surface area contributed by atoms with Gasteiger partial charge < -0.3 is 4.74 Å². The molecule has 6 heteroatoms. The zero-order chi connectivity index (χ0) is 25.5. The molecule has 2 atom stereocenters.